The molecule has 0 aromatic carbocycles. The van der Waals surface area contributed by atoms with Gasteiger partial charge in [-0.05, 0) is 31.6 Å². The van der Waals surface area contributed by atoms with Gasteiger partial charge in [0, 0.05) is 26.2 Å². The summed E-state index contributed by atoms with van der Waals surface area (Å²) in [7, 11) is 0. The van der Waals surface area contributed by atoms with E-state index in [4.69, 9.17) is 10.5 Å². The molecular weight excluding hydrogens is 224 g/mol. The van der Waals surface area contributed by atoms with Gasteiger partial charge in [-0.3, -0.25) is 4.90 Å². The number of allylic oxidation sites excluding steroid dienone is 1. The van der Waals surface area contributed by atoms with Crippen LogP contribution in [-0.2, 0) is 4.74 Å². The van der Waals surface area contributed by atoms with Crippen molar-refractivity contribution >= 4 is 0 Å². The van der Waals surface area contributed by atoms with E-state index in [1.54, 1.807) is 11.1 Å². The molecule has 2 N–H and O–H groups in total. The van der Waals surface area contributed by atoms with Crippen LogP contribution < -0.4 is 5.73 Å². The molecule has 18 heavy (non-hydrogen) atoms. The highest BCUT2D eigenvalue weighted by Crippen LogP contribution is 2.40. The first kappa shape index (κ1) is 14.0. The van der Waals surface area contributed by atoms with Crippen LogP contribution in [0.1, 0.15) is 40.0 Å². The summed E-state index contributed by atoms with van der Waals surface area (Å²) in [5.74, 6) is 0. The molecule has 0 radical (unpaired) electrons. The number of nitrogens with two attached hydrogens (primary N) is 1. The monoisotopic (exact) mass is 252 g/mol. The van der Waals surface area contributed by atoms with E-state index >= 15 is 0 Å². The van der Waals surface area contributed by atoms with Gasteiger partial charge in [-0.2, -0.15) is 0 Å². The van der Waals surface area contributed by atoms with Crippen molar-refractivity contribution in [2.75, 3.05) is 32.8 Å². The lowest BCUT2D eigenvalue weighted by atomic mass is 9.72. The van der Waals surface area contributed by atoms with Crippen LogP contribution in [0.25, 0.3) is 0 Å². The van der Waals surface area contributed by atoms with Gasteiger partial charge < -0.3 is 10.5 Å². The maximum atomic E-state index is 5.72. The molecule has 0 aromatic heterocycles. The predicted octanol–water partition coefficient (Wildman–Crippen LogP) is 2.17. The third-order valence-electron chi connectivity index (χ3n) is 4.55. The highest BCUT2D eigenvalue weighted by Gasteiger charge is 2.30. The van der Waals surface area contributed by atoms with Gasteiger partial charge in [-0.1, -0.05) is 25.0 Å². The van der Waals surface area contributed by atoms with Crippen molar-refractivity contribution in [3.05, 3.63) is 11.1 Å². The Morgan fingerprint density at radius 2 is 2.22 bits per heavy atom. The van der Waals surface area contributed by atoms with Gasteiger partial charge in [-0.25, -0.2) is 0 Å². The average Bonchev–Trinajstić information content (AvgIpc) is 2.34. The van der Waals surface area contributed by atoms with E-state index in [-0.39, 0.29) is 6.10 Å². The highest BCUT2D eigenvalue weighted by atomic mass is 16.5. The lowest BCUT2D eigenvalue weighted by Crippen LogP contribution is -2.47. The fraction of sp³-hybridized carbons (Fsp3) is 0.867. The fourth-order valence-corrected chi connectivity index (χ4v) is 3.31. The van der Waals surface area contributed by atoms with E-state index in [1.165, 1.54) is 19.3 Å². The molecule has 2 rings (SSSR count). The molecule has 1 fully saturated rings. The van der Waals surface area contributed by atoms with Crippen molar-refractivity contribution < 1.29 is 4.74 Å². The van der Waals surface area contributed by atoms with Gasteiger partial charge >= 0.3 is 0 Å². The van der Waals surface area contributed by atoms with Gasteiger partial charge in [0.1, 0.15) is 0 Å². The van der Waals surface area contributed by atoms with Crippen LogP contribution in [0.3, 0.4) is 0 Å². The average molecular weight is 252 g/mol. The van der Waals surface area contributed by atoms with E-state index in [9.17, 15) is 0 Å². The lowest BCUT2D eigenvalue weighted by molar-refractivity contribution is -0.0214. The van der Waals surface area contributed by atoms with Crippen LogP contribution >= 0.6 is 0 Å². The number of nitrogens with zero attached hydrogens (tertiary/aromatic N) is 1. The molecule has 0 saturated carbocycles. The van der Waals surface area contributed by atoms with Crippen molar-refractivity contribution in [1.29, 1.82) is 0 Å². The normalized spacial score (nSPS) is 29.7. The molecule has 0 amide bonds. The maximum absolute atomic E-state index is 5.72. The molecule has 104 valence electrons. The number of hydrogen-bond acceptors (Lipinski definition) is 3. The molecule has 1 unspecified atom stereocenters. The molecule has 0 spiro atoms. The van der Waals surface area contributed by atoms with E-state index in [2.05, 4.69) is 25.7 Å². The zero-order valence-corrected chi connectivity index (χ0v) is 12.2. The van der Waals surface area contributed by atoms with E-state index in [0.29, 0.717) is 12.0 Å². The van der Waals surface area contributed by atoms with Gasteiger partial charge in [0.05, 0.1) is 12.7 Å². The second kappa shape index (κ2) is 5.72. The van der Waals surface area contributed by atoms with Gasteiger partial charge in [-0.15, -0.1) is 0 Å². The number of rotatable bonds is 3. The van der Waals surface area contributed by atoms with Crippen LogP contribution in [-0.4, -0.2) is 43.8 Å². The summed E-state index contributed by atoms with van der Waals surface area (Å²) < 4.78 is 5.64. The Balaban J connectivity index is 2.03. The Labute approximate surface area is 111 Å². The molecule has 2 aliphatic rings. The first-order valence-electron chi connectivity index (χ1n) is 7.26. The third-order valence-corrected chi connectivity index (χ3v) is 4.55. The van der Waals surface area contributed by atoms with Crippen molar-refractivity contribution in [2.24, 2.45) is 11.1 Å². The van der Waals surface area contributed by atoms with Crippen molar-refractivity contribution in [2.45, 2.75) is 46.1 Å². The Bertz CT molecular complexity index is 322. The first-order chi connectivity index (χ1) is 8.53. The van der Waals surface area contributed by atoms with E-state index < -0.39 is 0 Å². The number of ether oxygens (including phenoxy) is 1. The molecular formula is C15H28N2O. The van der Waals surface area contributed by atoms with E-state index in [0.717, 1.165) is 26.2 Å². The second-order valence-electron chi connectivity index (χ2n) is 6.46. The van der Waals surface area contributed by atoms with Gasteiger partial charge in [0.25, 0.3) is 0 Å². The topological polar surface area (TPSA) is 38.5 Å². The van der Waals surface area contributed by atoms with Crippen LogP contribution in [0.2, 0.25) is 0 Å². The highest BCUT2D eigenvalue weighted by molar-refractivity contribution is 5.24. The summed E-state index contributed by atoms with van der Waals surface area (Å²) in [6, 6.07) is 0. The standard InChI is InChI=1S/C15H28N2O/c1-12-5-4-6-15(2,3)14(12)11-17-7-8-18-13(9-16)10-17/h13H,4-11,16H2,1-3H3. The quantitative estimate of drug-likeness (QED) is 0.782. The van der Waals surface area contributed by atoms with Crippen LogP contribution in [0.15, 0.2) is 11.1 Å². The van der Waals surface area contributed by atoms with E-state index in [1.807, 2.05) is 0 Å². The van der Waals surface area contributed by atoms with Gasteiger partial charge in [0.15, 0.2) is 0 Å². The molecule has 3 heteroatoms. The van der Waals surface area contributed by atoms with Crippen molar-refractivity contribution in [3.63, 3.8) is 0 Å². The fourth-order valence-electron chi connectivity index (χ4n) is 3.31. The van der Waals surface area contributed by atoms with Crippen LogP contribution in [0, 0.1) is 5.41 Å². The smallest absolute Gasteiger partial charge is 0.0824 e. The summed E-state index contributed by atoms with van der Waals surface area (Å²) in [6.07, 6.45) is 4.18. The van der Waals surface area contributed by atoms with Crippen LogP contribution in [0.5, 0.6) is 0 Å². The third kappa shape index (κ3) is 3.14. The molecule has 1 aliphatic carbocycles. The van der Waals surface area contributed by atoms with Crippen molar-refractivity contribution in [3.8, 4) is 0 Å². The zero-order chi connectivity index (χ0) is 13.2. The number of morpholine rings is 1. The Kier molecular flexibility index (Phi) is 4.46. The predicted molar refractivity (Wildman–Crippen MR) is 75.6 cm³/mol. The number of hydrogen-bond donors (Lipinski definition) is 1. The summed E-state index contributed by atoms with van der Waals surface area (Å²) in [5, 5.41) is 0. The van der Waals surface area contributed by atoms with Gasteiger partial charge in [0.2, 0.25) is 0 Å². The molecule has 1 heterocycles. The Hall–Kier alpha value is -0.380. The molecule has 3 nitrogen and oxygen atoms in total. The van der Waals surface area contributed by atoms with Crippen LogP contribution in [0.4, 0.5) is 0 Å². The summed E-state index contributed by atoms with van der Waals surface area (Å²) in [4.78, 5) is 2.52. The lowest BCUT2D eigenvalue weighted by Gasteiger charge is -2.40. The molecule has 0 aromatic rings. The summed E-state index contributed by atoms with van der Waals surface area (Å²) >= 11 is 0. The summed E-state index contributed by atoms with van der Waals surface area (Å²) in [6.45, 7) is 11.7. The Morgan fingerprint density at radius 1 is 1.44 bits per heavy atom. The SMILES string of the molecule is CC1=C(CN2CCOC(CN)C2)C(C)(C)CCC1. The Morgan fingerprint density at radius 3 is 2.89 bits per heavy atom. The molecule has 1 aliphatic heterocycles. The maximum Gasteiger partial charge on any atom is 0.0824 e. The minimum absolute atomic E-state index is 0.228. The summed E-state index contributed by atoms with van der Waals surface area (Å²) in [5.41, 5.74) is 9.36. The largest absolute Gasteiger partial charge is 0.374 e. The molecule has 1 saturated heterocycles. The molecule has 0 bridgehead atoms. The minimum Gasteiger partial charge on any atom is -0.374 e. The molecule has 1 atom stereocenters. The second-order valence-corrected chi connectivity index (χ2v) is 6.46. The minimum atomic E-state index is 0.228. The zero-order valence-electron chi connectivity index (χ0n) is 12.2. The first-order valence-corrected chi connectivity index (χ1v) is 7.26. The van der Waals surface area contributed by atoms with Crippen molar-refractivity contribution in [1.82, 2.24) is 4.90 Å².